The molecule has 0 aromatic heterocycles. The number of alkyl halides is 6. The van der Waals surface area contributed by atoms with E-state index in [0.29, 0.717) is 0 Å². The molecule has 37 heavy (non-hydrogen) atoms. The molecule has 1 heterocycles. The Balaban J connectivity index is 1.42. The molecule has 2 aromatic rings. The minimum atomic E-state index is -4.88. The lowest BCUT2D eigenvalue weighted by Gasteiger charge is -2.29. The zero-order valence-corrected chi connectivity index (χ0v) is 20.1. The first-order chi connectivity index (χ1) is 17.2. The summed E-state index contributed by atoms with van der Waals surface area (Å²) in [5.74, 6) is -1.76. The van der Waals surface area contributed by atoms with Gasteiger partial charge in [0.2, 0.25) is 5.91 Å². The van der Waals surface area contributed by atoms with E-state index in [1.807, 2.05) is 5.32 Å². The number of carbonyl (C=O) groups excluding carboxylic acids is 2. The Morgan fingerprint density at radius 2 is 1.54 bits per heavy atom. The van der Waals surface area contributed by atoms with Gasteiger partial charge >= 0.3 is 12.4 Å². The van der Waals surface area contributed by atoms with E-state index in [0.717, 1.165) is 12.1 Å². The van der Waals surface area contributed by atoms with Crippen LogP contribution in [0.5, 0.6) is 0 Å². The van der Waals surface area contributed by atoms with Crippen LogP contribution in [0, 0.1) is 0 Å². The van der Waals surface area contributed by atoms with Crippen molar-refractivity contribution in [2.45, 2.75) is 42.8 Å². The highest BCUT2D eigenvalue weighted by Gasteiger charge is 2.64. The Bertz CT molecular complexity index is 1240. The first kappa shape index (κ1) is 27.1. The van der Waals surface area contributed by atoms with Gasteiger partial charge in [-0.2, -0.15) is 26.3 Å². The molecule has 1 atom stereocenters. The van der Waals surface area contributed by atoms with Crippen molar-refractivity contribution in [2.75, 3.05) is 6.54 Å². The summed E-state index contributed by atoms with van der Waals surface area (Å²) < 4.78 is 81.2. The molecule has 6 nitrogen and oxygen atoms in total. The fraction of sp³-hybridized carbons (Fsp3) is 0.348. The zero-order valence-electron chi connectivity index (χ0n) is 18.6. The number of benzene rings is 2. The Hall–Kier alpha value is -2.99. The van der Waals surface area contributed by atoms with Crippen molar-refractivity contribution in [1.29, 1.82) is 0 Å². The largest absolute Gasteiger partial charge is 0.435 e. The third-order valence-electron chi connectivity index (χ3n) is 6.08. The van der Waals surface area contributed by atoms with Gasteiger partial charge in [0.05, 0.1) is 12.3 Å². The monoisotopic (exact) mass is 567 g/mol. The molecule has 1 saturated carbocycles. The van der Waals surface area contributed by atoms with Crippen LogP contribution < -0.4 is 10.6 Å². The molecule has 1 unspecified atom stereocenters. The van der Waals surface area contributed by atoms with Crippen molar-refractivity contribution in [3.63, 3.8) is 0 Å². The Morgan fingerprint density at radius 1 is 0.946 bits per heavy atom. The summed E-state index contributed by atoms with van der Waals surface area (Å²) in [6.45, 7) is -0.685. The number of amides is 2. The van der Waals surface area contributed by atoms with Gasteiger partial charge in [-0.05, 0) is 48.7 Å². The first-order valence-electron chi connectivity index (χ1n) is 10.7. The average molecular weight is 568 g/mol. The molecule has 0 saturated heterocycles. The highest BCUT2D eigenvalue weighted by atomic mass is 35.5. The van der Waals surface area contributed by atoms with Crippen LogP contribution in [0.25, 0.3) is 0 Å². The third kappa shape index (κ3) is 5.35. The second-order valence-electron chi connectivity index (χ2n) is 8.68. The van der Waals surface area contributed by atoms with Crippen molar-refractivity contribution in [2.24, 2.45) is 5.16 Å². The van der Waals surface area contributed by atoms with Gasteiger partial charge in [-0.15, -0.1) is 0 Å². The van der Waals surface area contributed by atoms with E-state index in [2.05, 4.69) is 10.5 Å². The number of halogens is 8. The average Bonchev–Trinajstić information content (AvgIpc) is 3.44. The molecule has 198 valence electrons. The predicted molar refractivity (Wildman–Crippen MR) is 121 cm³/mol. The fourth-order valence-electron chi connectivity index (χ4n) is 3.84. The van der Waals surface area contributed by atoms with Gasteiger partial charge in [-0.1, -0.05) is 40.5 Å². The number of hydrogen-bond donors (Lipinski definition) is 2. The number of nitrogens with zero attached hydrogens (tertiary/aromatic N) is 1. The molecule has 2 aliphatic rings. The molecule has 2 amide bonds. The lowest BCUT2D eigenvalue weighted by Crippen LogP contribution is -2.50. The minimum Gasteiger partial charge on any atom is -0.374 e. The van der Waals surface area contributed by atoms with E-state index in [-0.39, 0.29) is 45.3 Å². The predicted octanol–water partition coefficient (Wildman–Crippen LogP) is 5.52. The van der Waals surface area contributed by atoms with Crippen LogP contribution in [-0.2, 0) is 15.2 Å². The quantitative estimate of drug-likeness (QED) is 0.451. The molecule has 0 radical (unpaired) electrons. The molecule has 2 aromatic carbocycles. The van der Waals surface area contributed by atoms with Gasteiger partial charge in [0.25, 0.3) is 11.5 Å². The number of hydrogen-bond acceptors (Lipinski definition) is 4. The highest BCUT2D eigenvalue weighted by Crippen LogP contribution is 2.50. The number of nitrogens with one attached hydrogen (secondary N) is 2. The van der Waals surface area contributed by atoms with Crippen LogP contribution in [0.1, 0.15) is 40.7 Å². The van der Waals surface area contributed by atoms with Gasteiger partial charge in [0, 0.05) is 27.6 Å². The summed E-state index contributed by atoms with van der Waals surface area (Å²) in [5.41, 5.74) is -5.20. The first-order valence-corrected chi connectivity index (χ1v) is 11.5. The van der Waals surface area contributed by atoms with Crippen LogP contribution in [0.15, 0.2) is 47.6 Å². The standard InChI is InChI=1S/C23H17Cl2F6N3O3/c24-15-7-14(8-16(25)9-15)21(23(29,30)31)10-17(34-37-21)12-1-3-13(4-2-12)19(36)32-11-18(35)33-20(5-6-20)22(26,27)28/h1-4,7-9H,5-6,10-11H2,(H,32,36)(H,33,35). The Kier molecular flexibility index (Phi) is 6.87. The van der Waals surface area contributed by atoms with E-state index < -0.39 is 48.3 Å². The molecule has 0 spiro atoms. The highest BCUT2D eigenvalue weighted by molar-refractivity contribution is 6.34. The summed E-state index contributed by atoms with van der Waals surface area (Å²) in [6.07, 6.45) is -10.6. The van der Waals surface area contributed by atoms with Gasteiger partial charge in [-0.25, -0.2) is 0 Å². The second-order valence-corrected chi connectivity index (χ2v) is 9.55. The molecule has 1 aliphatic heterocycles. The maximum absolute atomic E-state index is 14.1. The van der Waals surface area contributed by atoms with E-state index >= 15 is 0 Å². The zero-order chi connectivity index (χ0) is 27.2. The third-order valence-corrected chi connectivity index (χ3v) is 6.51. The maximum Gasteiger partial charge on any atom is 0.435 e. The van der Waals surface area contributed by atoms with Crippen LogP contribution >= 0.6 is 23.2 Å². The van der Waals surface area contributed by atoms with Crippen molar-refractivity contribution in [3.8, 4) is 0 Å². The minimum absolute atomic E-state index is 0.0158. The van der Waals surface area contributed by atoms with Crippen LogP contribution in [-0.4, -0.2) is 42.0 Å². The van der Waals surface area contributed by atoms with Crippen molar-refractivity contribution in [1.82, 2.24) is 10.6 Å². The van der Waals surface area contributed by atoms with Crippen molar-refractivity contribution >= 4 is 40.7 Å². The number of rotatable bonds is 6. The molecule has 4 rings (SSSR count). The second kappa shape index (κ2) is 9.39. The smallest absolute Gasteiger partial charge is 0.374 e. The lowest BCUT2D eigenvalue weighted by atomic mass is 9.86. The van der Waals surface area contributed by atoms with Crippen molar-refractivity contribution in [3.05, 3.63) is 69.2 Å². The summed E-state index contributed by atoms with van der Waals surface area (Å²) in [4.78, 5) is 29.1. The summed E-state index contributed by atoms with van der Waals surface area (Å²) in [6, 6.07) is 8.65. The van der Waals surface area contributed by atoms with Crippen LogP contribution in [0.2, 0.25) is 10.0 Å². The normalized spacial score (nSPS) is 20.6. The van der Waals surface area contributed by atoms with Gasteiger partial charge in [0.1, 0.15) is 5.54 Å². The summed E-state index contributed by atoms with van der Waals surface area (Å²) in [5, 5.41) is 7.68. The summed E-state index contributed by atoms with van der Waals surface area (Å²) in [7, 11) is 0. The topological polar surface area (TPSA) is 79.8 Å². The van der Waals surface area contributed by atoms with E-state index in [9.17, 15) is 35.9 Å². The van der Waals surface area contributed by atoms with Crippen LogP contribution in [0.3, 0.4) is 0 Å². The number of oxime groups is 1. The Morgan fingerprint density at radius 3 is 2.05 bits per heavy atom. The molecule has 1 fully saturated rings. The van der Waals surface area contributed by atoms with Crippen molar-refractivity contribution < 1.29 is 40.8 Å². The van der Waals surface area contributed by atoms with E-state index in [1.165, 1.54) is 30.3 Å². The lowest BCUT2D eigenvalue weighted by molar-refractivity contribution is -0.275. The van der Waals surface area contributed by atoms with E-state index in [1.54, 1.807) is 0 Å². The van der Waals surface area contributed by atoms with Gasteiger partial charge in [0.15, 0.2) is 0 Å². The molecule has 0 bridgehead atoms. The SMILES string of the molecule is O=C(CNC(=O)c1ccc(C2=NOC(c3cc(Cl)cc(Cl)c3)(C(F)(F)F)C2)cc1)NC1(C(F)(F)F)CC1. The molecular weight excluding hydrogens is 551 g/mol. The maximum atomic E-state index is 14.1. The van der Waals surface area contributed by atoms with Crippen LogP contribution in [0.4, 0.5) is 26.3 Å². The number of carbonyl (C=O) groups is 2. The van der Waals surface area contributed by atoms with Gasteiger partial charge in [-0.3, -0.25) is 9.59 Å². The molecule has 2 N–H and O–H groups in total. The van der Waals surface area contributed by atoms with E-state index in [4.69, 9.17) is 28.0 Å². The summed E-state index contributed by atoms with van der Waals surface area (Å²) >= 11 is 11.8. The van der Waals surface area contributed by atoms with Gasteiger partial charge < -0.3 is 15.5 Å². The molecule has 1 aliphatic carbocycles. The Labute approximate surface area is 215 Å². The molecular formula is C23H17Cl2F6N3O3. The molecule has 14 heteroatoms. The fourth-order valence-corrected chi connectivity index (χ4v) is 4.36.